The van der Waals surface area contributed by atoms with Gasteiger partial charge in [-0.2, -0.15) is 0 Å². The van der Waals surface area contributed by atoms with Crippen molar-refractivity contribution in [1.82, 2.24) is 3.97 Å². The van der Waals surface area contributed by atoms with Crippen molar-refractivity contribution in [1.29, 1.82) is 0 Å². The molecule has 1 heterocycles. The van der Waals surface area contributed by atoms with Gasteiger partial charge in [0.15, 0.2) is 0 Å². The molecule has 0 N–H and O–H groups in total. The van der Waals surface area contributed by atoms with Crippen molar-refractivity contribution >= 4 is 22.2 Å². The molecule has 0 bridgehead atoms. The molecule has 88 valence electrons. The maximum atomic E-state index is 11.5. The van der Waals surface area contributed by atoms with Crippen LogP contribution >= 0.6 is 0 Å². The van der Waals surface area contributed by atoms with Crippen LogP contribution in [0.3, 0.4) is 0 Å². The largest absolute Gasteiger partial charge is 0.245 e. The fourth-order valence-corrected chi connectivity index (χ4v) is 2.44. The van der Waals surface area contributed by atoms with Crippen molar-refractivity contribution in [3.8, 4) is 0 Å². The minimum Gasteiger partial charge on any atom is -0.245 e. The second-order valence-corrected chi connectivity index (χ2v) is 5.54. The normalized spacial score (nSPS) is 12.2. The second kappa shape index (κ2) is 4.70. The van der Waals surface area contributed by atoms with Crippen LogP contribution in [0.5, 0.6) is 0 Å². The van der Waals surface area contributed by atoms with E-state index in [1.807, 2.05) is 26.0 Å². The molecule has 1 rings (SSSR count). The molecule has 4 heteroatoms. The van der Waals surface area contributed by atoms with Crippen LogP contribution in [-0.2, 0) is 10.0 Å². The highest BCUT2D eigenvalue weighted by Crippen LogP contribution is 2.21. The van der Waals surface area contributed by atoms with Crippen LogP contribution in [-0.4, -0.2) is 18.6 Å². The summed E-state index contributed by atoms with van der Waals surface area (Å²) in [6.07, 6.45) is 9.24. The van der Waals surface area contributed by atoms with Crippen LogP contribution in [0, 0.1) is 6.92 Å². The molecule has 0 fully saturated rings. The summed E-state index contributed by atoms with van der Waals surface area (Å²) in [4.78, 5) is 0. The molecule has 16 heavy (non-hydrogen) atoms. The molecular weight excluding hydrogens is 222 g/mol. The van der Waals surface area contributed by atoms with Gasteiger partial charge < -0.3 is 0 Å². The molecule has 0 amide bonds. The summed E-state index contributed by atoms with van der Waals surface area (Å²) in [5.74, 6) is 0. The Kier molecular flexibility index (Phi) is 3.75. The SMILES string of the molecule is C=Cc1c(/C=C\CC)c(C)cn1S(C)(=O)=O. The van der Waals surface area contributed by atoms with E-state index < -0.39 is 10.0 Å². The summed E-state index contributed by atoms with van der Waals surface area (Å²) in [7, 11) is -3.26. The molecule has 0 atom stereocenters. The summed E-state index contributed by atoms with van der Waals surface area (Å²) in [5.41, 5.74) is 2.48. The van der Waals surface area contributed by atoms with Gasteiger partial charge in [-0.1, -0.05) is 25.7 Å². The molecule has 3 nitrogen and oxygen atoms in total. The minimum atomic E-state index is -3.26. The van der Waals surface area contributed by atoms with E-state index in [9.17, 15) is 8.42 Å². The Hall–Kier alpha value is -1.29. The third-order valence-electron chi connectivity index (χ3n) is 2.32. The molecule has 0 radical (unpaired) electrons. The average Bonchev–Trinajstić information content (AvgIpc) is 2.51. The quantitative estimate of drug-likeness (QED) is 0.810. The van der Waals surface area contributed by atoms with Gasteiger partial charge in [0, 0.05) is 11.8 Å². The predicted molar refractivity (Wildman–Crippen MR) is 68.8 cm³/mol. The third-order valence-corrected chi connectivity index (χ3v) is 3.34. The number of aromatic nitrogens is 1. The van der Waals surface area contributed by atoms with E-state index in [0.29, 0.717) is 5.69 Å². The smallest absolute Gasteiger partial charge is 0.236 e. The van der Waals surface area contributed by atoms with Crippen LogP contribution in [0.25, 0.3) is 12.2 Å². The van der Waals surface area contributed by atoms with Crippen molar-refractivity contribution in [3.05, 3.63) is 35.7 Å². The van der Waals surface area contributed by atoms with Crippen LogP contribution in [0.1, 0.15) is 30.2 Å². The molecule has 1 aromatic heterocycles. The zero-order chi connectivity index (χ0) is 12.3. The van der Waals surface area contributed by atoms with Gasteiger partial charge in [0.05, 0.1) is 11.9 Å². The Morgan fingerprint density at radius 2 is 2.12 bits per heavy atom. The Morgan fingerprint density at radius 1 is 1.50 bits per heavy atom. The van der Waals surface area contributed by atoms with Gasteiger partial charge in [0.25, 0.3) is 0 Å². The van der Waals surface area contributed by atoms with Crippen LogP contribution in [0.2, 0.25) is 0 Å². The Balaban J connectivity index is 3.47. The fourth-order valence-electron chi connectivity index (χ4n) is 1.56. The van der Waals surface area contributed by atoms with Crippen molar-refractivity contribution in [2.24, 2.45) is 0 Å². The lowest BCUT2D eigenvalue weighted by Crippen LogP contribution is -2.10. The monoisotopic (exact) mass is 239 g/mol. The molecular formula is C12H17NO2S. The van der Waals surface area contributed by atoms with Crippen molar-refractivity contribution in [2.75, 3.05) is 6.26 Å². The topological polar surface area (TPSA) is 39.1 Å². The van der Waals surface area contributed by atoms with E-state index in [4.69, 9.17) is 0 Å². The lowest BCUT2D eigenvalue weighted by molar-refractivity contribution is 0.593. The molecule has 1 aromatic rings. The Morgan fingerprint density at radius 3 is 2.56 bits per heavy atom. The highest BCUT2D eigenvalue weighted by atomic mass is 32.2. The fraction of sp³-hybridized carbons (Fsp3) is 0.333. The predicted octanol–water partition coefficient (Wildman–Crippen LogP) is 2.67. The second-order valence-electron chi connectivity index (χ2n) is 3.68. The molecule has 0 aromatic carbocycles. The van der Waals surface area contributed by atoms with E-state index in [1.54, 1.807) is 12.3 Å². The Labute approximate surface area is 97.2 Å². The average molecular weight is 239 g/mol. The van der Waals surface area contributed by atoms with Gasteiger partial charge in [-0.15, -0.1) is 0 Å². The molecule has 0 saturated heterocycles. The first-order valence-electron chi connectivity index (χ1n) is 5.13. The number of allylic oxidation sites excluding steroid dienone is 1. The molecule has 0 aliphatic carbocycles. The van der Waals surface area contributed by atoms with Gasteiger partial charge in [0.1, 0.15) is 0 Å². The Bertz CT molecular complexity index is 521. The van der Waals surface area contributed by atoms with Gasteiger partial charge in [-0.3, -0.25) is 0 Å². The standard InChI is InChI=1S/C12H17NO2S/c1-5-7-8-11-10(3)9-13(12(11)6-2)16(4,14)15/h6-9H,2,5H2,1,3-4H3/b8-7-. The number of rotatable bonds is 4. The first kappa shape index (κ1) is 12.8. The first-order chi connectivity index (χ1) is 7.41. The van der Waals surface area contributed by atoms with Crippen LogP contribution in [0.4, 0.5) is 0 Å². The lowest BCUT2D eigenvalue weighted by Gasteiger charge is -2.03. The minimum absolute atomic E-state index is 0.629. The van der Waals surface area contributed by atoms with E-state index in [-0.39, 0.29) is 0 Å². The maximum absolute atomic E-state index is 11.5. The lowest BCUT2D eigenvalue weighted by atomic mass is 10.1. The molecule has 0 unspecified atom stereocenters. The summed E-state index contributed by atoms with van der Waals surface area (Å²) in [5, 5.41) is 0. The first-order valence-corrected chi connectivity index (χ1v) is 6.98. The number of nitrogens with zero attached hydrogens (tertiary/aromatic N) is 1. The summed E-state index contributed by atoms with van der Waals surface area (Å²) in [6.45, 7) is 7.60. The van der Waals surface area contributed by atoms with Gasteiger partial charge in [0.2, 0.25) is 10.0 Å². The van der Waals surface area contributed by atoms with E-state index in [1.165, 1.54) is 10.2 Å². The van der Waals surface area contributed by atoms with Crippen molar-refractivity contribution in [2.45, 2.75) is 20.3 Å². The van der Waals surface area contributed by atoms with Crippen molar-refractivity contribution in [3.63, 3.8) is 0 Å². The number of hydrogen-bond donors (Lipinski definition) is 0. The molecule has 0 saturated carbocycles. The van der Waals surface area contributed by atoms with Crippen LogP contribution in [0.15, 0.2) is 18.9 Å². The zero-order valence-corrected chi connectivity index (χ0v) is 10.7. The number of aryl methyl sites for hydroxylation is 1. The van der Waals surface area contributed by atoms with Crippen LogP contribution < -0.4 is 0 Å². The van der Waals surface area contributed by atoms with Crippen molar-refractivity contribution < 1.29 is 8.42 Å². The highest BCUT2D eigenvalue weighted by Gasteiger charge is 2.14. The van der Waals surface area contributed by atoms with Gasteiger partial charge in [-0.25, -0.2) is 12.4 Å². The maximum Gasteiger partial charge on any atom is 0.236 e. The molecule has 0 spiro atoms. The number of hydrogen-bond acceptors (Lipinski definition) is 2. The summed E-state index contributed by atoms with van der Waals surface area (Å²) >= 11 is 0. The van der Waals surface area contributed by atoms with E-state index >= 15 is 0 Å². The summed E-state index contributed by atoms with van der Waals surface area (Å²) < 4.78 is 24.4. The molecule has 0 aliphatic rings. The van der Waals surface area contributed by atoms with Gasteiger partial charge >= 0.3 is 0 Å². The zero-order valence-electron chi connectivity index (χ0n) is 9.90. The van der Waals surface area contributed by atoms with Gasteiger partial charge in [-0.05, 0) is 25.0 Å². The summed E-state index contributed by atoms with van der Waals surface area (Å²) in [6, 6.07) is 0. The molecule has 0 aliphatic heterocycles. The van der Waals surface area contributed by atoms with E-state index in [2.05, 4.69) is 6.58 Å². The third kappa shape index (κ3) is 2.44. The van der Waals surface area contributed by atoms with E-state index in [0.717, 1.165) is 17.5 Å². The highest BCUT2D eigenvalue weighted by molar-refractivity contribution is 7.89.